The molecule has 8 nitrogen and oxygen atoms in total. The predicted molar refractivity (Wildman–Crippen MR) is 263 cm³/mol. The van der Waals surface area contributed by atoms with Gasteiger partial charge >= 0.3 is 11.9 Å². The number of hydrogen-bond donors (Lipinski definition) is 0. The highest BCUT2D eigenvalue weighted by Crippen LogP contribution is 2.13. The third kappa shape index (κ3) is 43.0. The number of rotatable bonds is 42. The number of carbonyl (C=O) groups is 3. The summed E-state index contributed by atoms with van der Waals surface area (Å²) < 4.78 is 17.2. The maximum Gasteiger partial charge on any atom is 0.306 e. The Morgan fingerprint density at radius 3 is 1.44 bits per heavy atom. The van der Waals surface area contributed by atoms with Crippen LogP contribution in [0.25, 0.3) is 0 Å². The van der Waals surface area contributed by atoms with E-state index >= 15 is 0 Å². The van der Waals surface area contributed by atoms with E-state index in [0.717, 1.165) is 103 Å². The summed E-state index contributed by atoms with van der Waals surface area (Å²) in [5.74, 6) is -1.81. The zero-order valence-electron chi connectivity index (χ0n) is 40.4. The summed E-state index contributed by atoms with van der Waals surface area (Å²) in [4.78, 5) is 37.0. The molecule has 0 aromatic carbocycles. The number of carboxylic acid groups (broad SMARTS) is 1. The smallest absolute Gasteiger partial charge is 0.306 e. The largest absolute Gasteiger partial charge is 0.544 e. The van der Waals surface area contributed by atoms with E-state index in [1.165, 1.54) is 32.1 Å². The van der Waals surface area contributed by atoms with Crippen LogP contribution in [0.1, 0.15) is 168 Å². The number of nitrogens with zero attached hydrogens (tertiary/aromatic N) is 1. The maximum absolute atomic E-state index is 12.8. The molecular weight excluding hydrogens is 787 g/mol. The third-order valence-corrected chi connectivity index (χ3v) is 10.2. The predicted octanol–water partition coefficient (Wildman–Crippen LogP) is 12.7. The molecule has 0 bridgehead atoms. The van der Waals surface area contributed by atoms with Crippen LogP contribution in [0.3, 0.4) is 0 Å². The molecule has 63 heavy (non-hydrogen) atoms. The van der Waals surface area contributed by atoms with Crippen LogP contribution in [0.5, 0.6) is 0 Å². The minimum atomic E-state index is -1.14. The van der Waals surface area contributed by atoms with Crippen LogP contribution in [0.15, 0.2) is 109 Å². The van der Waals surface area contributed by atoms with Crippen molar-refractivity contribution in [2.24, 2.45) is 0 Å². The molecule has 0 heterocycles. The number of ether oxygens (including phenoxy) is 3. The molecular formula is C55H89NO7. The van der Waals surface area contributed by atoms with Crippen LogP contribution < -0.4 is 5.11 Å². The van der Waals surface area contributed by atoms with Crippen LogP contribution in [0.4, 0.5) is 0 Å². The van der Waals surface area contributed by atoms with Crippen molar-refractivity contribution in [2.45, 2.75) is 180 Å². The van der Waals surface area contributed by atoms with E-state index in [2.05, 4.69) is 86.8 Å². The van der Waals surface area contributed by atoms with Crippen molar-refractivity contribution in [1.82, 2.24) is 0 Å². The van der Waals surface area contributed by atoms with Gasteiger partial charge in [0, 0.05) is 19.3 Å². The average molecular weight is 876 g/mol. The highest BCUT2D eigenvalue weighted by atomic mass is 16.6. The van der Waals surface area contributed by atoms with Gasteiger partial charge in [-0.15, -0.1) is 0 Å². The summed E-state index contributed by atoms with van der Waals surface area (Å²) in [7, 11) is 5.38. The first-order valence-corrected chi connectivity index (χ1v) is 24.5. The number of allylic oxidation sites excluding steroid dienone is 18. The fourth-order valence-electron chi connectivity index (χ4n) is 6.44. The monoisotopic (exact) mass is 876 g/mol. The highest BCUT2D eigenvalue weighted by molar-refractivity contribution is 5.70. The molecule has 0 aromatic rings. The van der Waals surface area contributed by atoms with Gasteiger partial charge in [0.25, 0.3) is 0 Å². The molecule has 0 aliphatic rings. The Morgan fingerprint density at radius 1 is 0.492 bits per heavy atom. The van der Waals surface area contributed by atoms with Crippen molar-refractivity contribution in [1.29, 1.82) is 0 Å². The average Bonchev–Trinajstić information content (AvgIpc) is 3.24. The van der Waals surface area contributed by atoms with Crippen molar-refractivity contribution in [3.63, 3.8) is 0 Å². The summed E-state index contributed by atoms with van der Waals surface area (Å²) in [6.45, 7) is 4.48. The molecule has 0 saturated carbocycles. The molecule has 0 radical (unpaired) electrons. The first-order valence-electron chi connectivity index (χ1n) is 24.5. The molecule has 0 aliphatic carbocycles. The lowest BCUT2D eigenvalue weighted by Gasteiger charge is -2.34. The lowest BCUT2D eigenvalue weighted by atomic mass is 10.1. The van der Waals surface area contributed by atoms with Gasteiger partial charge in [0.2, 0.25) is 0 Å². The molecule has 356 valence electrons. The van der Waals surface area contributed by atoms with E-state index in [9.17, 15) is 19.5 Å². The van der Waals surface area contributed by atoms with Crippen molar-refractivity contribution in [2.75, 3.05) is 41.0 Å². The van der Waals surface area contributed by atoms with Crippen molar-refractivity contribution < 1.29 is 38.2 Å². The van der Waals surface area contributed by atoms with Gasteiger partial charge in [-0.25, -0.2) is 0 Å². The molecule has 0 N–H and O–H groups in total. The van der Waals surface area contributed by atoms with E-state index < -0.39 is 18.1 Å². The van der Waals surface area contributed by atoms with E-state index in [1.54, 1.807) is 21.1 Å². The van der Waals surface area contributed by atoms with Gasteiger partial charge in [0.1, 0.15) is 12.6 Å². The van der Waals surface area contributed by atoms with Crippen molar-refractivity contribution in [3.05, 3.63) is 109 Å². The number of quaternary nitrogens is 1. The van der Waals surface area contributed by atoms with Crippen LogP contribution in [-0.4, -0.2) is 75.5 Å². The number of carboxylic acids is 1. The fraction of sp³-hybridized carbons (Fsp3) is 0.618. The molecule has 0 rings (SSSR count). The Morgan fingerprint density at radius 2 is 0.937 bits per heavy atom. The molecule has 0 saturated heterocycles. The molecule has 8 heteroatoms. The Labute approximate surface area is 385 Å². The van der Waals surface area contributed by atoms with Gasteiger partial charge in [0.15, 0.2) is 6.10 Å². The van der Waals surface area contributed by atoms with Crippen LogP contribution >= 0.6 is 0 Å². The van der Waals surface area contributed by atoms with E-state index in [4.69, 9.17) is 14.2 Å². The van der Waals surface area contributed by atoms with Gasteiger partial charge in [-0.2, -0.15) is 0 Å². The molecule has 0 aromatic heterocycles. The fourth-order valence-corrected chi connectivity index (χ4v) is 6.44. The zero-order valence-corrected chi connectivity index (χ0v) is 40.4. The zero-order chi connectivity index (χ0) is 46.3. The molecule has 2 unspecified atom stereocenters. The topological polar surface area (TPSA) is 102 Å². The minimum absolute atomic E-state index is 0.0166. The number of unbranched alkanes of at least 4 members (excludes halogenated alkanes) is 14. The molecule has 0 aliphatic heterocycles. The maximum atomic E-state index is 12.8. The molecule has 2 atom stereocenters. The van der Waals surface area contributed by atoms with Crippen molar-refractivity contribution in [3.8, 4) is 0 Å². The van der Waals surface area contributed by atoms with Gasteiger partial charge < -0.3 is 28.6 Å². The Kier molecular flexibility index (Phi) is 41.8. The molecule has 0 amide bonds. The second-order valence-electron chi connectivity index (χ2n) is 17.1. The SMILES string of the molecule is CCC/C=C/C=C/C=C/C=C/C=C/CCCCCCCC(=O)OCC(COCCC(C(=O)[O-])[N+](C)(C)C)OC(=O)CCCCCCC/C=C/C/C=C/C/C=C/C/C=C/CCCCC. The number of esters is 2. The summed E-state index contributed by atoms with van der Waals surface area (Å²) >= 11 is 0. The second kappa shape index (κ2) is 44.6. The molecule has 0 fully saturated rings. The standard InChI is InChI=1S/C55H89NO7/c1-6-8-10-12-14-16-18-20-22-24-26-27-28-30-32-34-36-38-40-42-44-46-54(58)63-51(49-61-48-47-52(55(59)60)56(3,4)5)50-62-53(57)45-43-41-39-37-35-33-31-29-25-23-21-19-17-15-13-11-9-7-2/h11,13-17,19-23,25-27,29-32,51-52H,6-10,12,18,24,28,33-50H2,1-5H3/b13-11+,16-14+,17-15+,21-19+,22-20+,25-23+,27-26+,31-29+,32-30+. The second-order valence-corrected chi connectivity index (χ2v) is 17.1. The van der Waals surface area contributed by atoms with E-state index in [0.29, 0.717) is 6.42 Å². The Bertz CT molecular complexity index is 1390. The Hall–Kier alpha value is -4.01. The van der Waals surface area contributed by atoms with Crippen LogP contribution in [0, 0.1) is 0 Å². The summed E-state index contributed by atoms with van der Waals surface area (Å²) in [6.07, 6.45) is 61.0. The van der Waals surface area contributed by atoms with E-state index in [1.807, 2.05) is 36.5 Å². The summed E-state index contributed by atoms with van der Waals surface area (Å²) in [6, 6.07) is -0.741. The number of carbonyl (C=O) groups excluding carboxylic acids is 3. The summed E-state index contributed by atoms with van der Waals surface area (Å²) in [5.41, 5.74) is 0. The highest BCUT2D eigenvalue weighted by Gasteiger charge is 2.25. The minimum Gasteiger partial charge on any atom is -0.544 e. The number of aliphatic carboxylic acids is 1. The normalized spacial score (nSPS) is 13.9. The first kappa shape index (κ1) is 59.0. The Balaban J connectivity index is 4.41. The number of hydrogen-bond acceptors (Lipinski definition) is 7. The van der Waals surface area contributed by atoms with Crippen molar-refractivity contribution >= 4 is 17.9 Å². The van der Waals surface area contributed by atoms with Gasteiger partial charge in [0.05, 0.1) is 40.3 Å². The molecule has 0 spiro atoms. The summed E-state index contributed by atoms with van der Waals surface area (Å²) in [5, 5.41) is 11.7. The van der Waals surface area contributed by atoms with Gasteiger partial charge in [-0.1, -0.05) is 181 Å². The van der Waals surface area contributed by atoms with Gasteiger partial charge in [-0.05, 0) is 77.0 Å². The van der Waals surface area contributed by atoms with Gasteiger partial charge in [-0.3, -0.25) is 9.59 Å². The van der Waals surface area contributed by atoms with Crippen LogP contribution in [-0.2, 0) is 28.6 Å². The van der Waals surface area contributed by atoms with Crippen LogP contribution in [0.2, 0.25) is 0 Å². The number of likely N-dealkylation sites (N-methyl/N-ethyl adjacent to an activating group) is 1. The third-order valence-electron chi connectivity index (χ3n) is 10.2. The quantitative estimate of drug-likeness (QED) is 0.0198. The lowest BCUT2D eigenvalue weighted by Crippen LogP contribution is -2.55. The lowest BCUT2D eigenvalue weighted by molar-refractivity contribution is -0.889. The first-order chi connectivity index (χ1) is 30.6. The van der Waals surface area contributed by atoms with E-state index in [-0.39, 0.29) is 49.1 Å².